The monoisotopic (exact) mass is 686 g/mol. The van der Waals surface area contributed by atoms with Gasteiger partial charge in [0.25, 0.3) is 0 Å². The van der Waals surface area contributed by atoms with Gasteiger partial charge in [-0.25, -0.2) is 14.4 Å². The number of urea groups is 1. The Kier molecular flexibility index (Phi) is 11.9. The van der Waals surface area contributed by atoms with Crippen LogP contribution in [0.25, 0.3) is 0 Å². The third kappa shape index (κ3) is 9.06. The number of hydrazone groups is 1. The van der Waals surface area contributed by atoms with Crippen LogP contribution in [0.2, 0.25) is 10.0 Å². The highest BCUT2D eigenvalue weighted by Gasteiger charge is 2.32. The van der Waals surface area contributed by atoms with E-state index in [0.717, 1.165) is 5.56 Å². The average molecular weight is 688 g/mol. The third-order valence-corrected chi connectivity index (χ3v) is 7.28. The highest BCUT2D eigenvalue weighted by atomic mass is 35.5. The first-order valence-corrected chi connectivity index (χ1v) is 14.9. The van der Waals surface area contributed by atoms with E-state index in [0.29, 0.717) is 34.9 Å². The summed E-state index contributed by atoms with van der Waals surface area (Å²) in [5.41, 5.74) is 5.14. The quantitative estimate of drug-likeness (QED) is 0.0686. The molecule has 2 atom stereocenters. The second-order valence-corrected chi connectivity index (χ2v) is 10.8. The van der Waals surface area contributed by atoms with Gasteiger partial charge in [-0.15, -0.1) is 0 Å². The third-order valence-electron chi connectivity index (χ3n) is 6.71. The number of aromatic carboxylic acids is 1. The molecule has 248 valence electrons. The molecule has 2 amide bonds. The molecule has 0 saturated carbocycles. The summed E-state index contributed by atoms with van der Waals surface area (Å²) < 4.78 is 22.1. The lowest BCUT2D eigenvalue weighted by atomic mass is 9.95. The van der Waals surface area contributed by atoms with Crippen molar-refractivity contribution in [1.29, 1.82) is 0 Å². The van der Waals surface area contributed by atoms with E-state index in [9.17, 15) is 19.5 Å². The molecule has 0 saturated heterocycles. The standard InChI is InChI=1S/C32H32Cl2N4O9/c1-4-45-25-13-21(28-27(31(42)44-3)17(2)36-32(43)37-28)9-10-24(25)46-16-26(39)38-35-14-19-11-22(33)29(23(34)12-19)47-15-18-5-7-20(8-6-18)30(40)41/h5-14,26,28,38-39H,4,15-16H2,1-3H3,(H,40,41)(H2,36,37,43)/b35-14-/t26-,28-/m0/s1. The van der Waals surface area contributed by atoms with Crippen LogP contribution in [-0.4, -0.2) is 60.9 Å². The maximum atomic E-state index is 12.4. The van der Waals surface area contributed by atoms with Crippen LogP contribution in [0.4, 0.5) is 4.79 Å². The fourth-order valence-electron chi connectivity index (χ4n) is 4.51. The summed E-state index contributed by atoms with van der Waals surface area (Å²) in [7, 11) is 1.26. The van der Waals surface area contributed by atoms with Gasteiger partial charge in [-0.1, -0.05) is 41.4 Å². The van der Waals surface area contributed by atoms with Crippen molar-refractivity contribution in [2.24, 2.45) is 5.10 Å². The Labute approximate surface area is 280 Å². The Morgan fingerprint density at radius 1 is 1.04 bits per heavy atom. The minimum atomic E-state index is -1.22. The second kappa shape index (κ2) is 16.0. The van der Waals surface area contributed by atoms with Crippen molar-refractivity contribution in [2.45, 2.75) is 32.7 Å². The second-order valence-electron chi connectivity index (χ2n) is 10.0. The van der Waals surface area contributed by atoms with E-state index in [4.69, 9.17) is 47.3 Å². The van der Waals surface area contributed by atoms with Crippen molar-refractivity contribution in [3.63, 3.8) is 0 Å². The van der Waals surface area contributed by atoms with Crippen molar-refractivity contribution >= 4 is 47.4 Å². The molecular formula is C32H32Cl2N4O9. The SMILES string of the molecule is CCOc1cc([C@@H]2NC(=O)NC(C)=C2C(=O)OC)ccc1OC[C@H](O)N/N=C\c1cc(Cl)c(OCc2ccc(C(=O)O)cc2)c(Cl)c1. The van der Waals surface area contributed by atoms with Crippen LogP contribution in [0.15, 0.2) is 71.0 Å². The van der Waals surface area contributed by atoms with Crippen LogP contribution < -0.4 is 30.3 Å². The lowest BCUT2D eigenvalue weighted by Gasteiger charge is -2.28. The van der Waals surface area contributed by atoms with Gasteiger partial charge in [0.2, 0.25) is 0 Å². The summed E-state index contributed by atoms with van der Waals surface area (Å²) in [5.74, 6) is -0.718. The smallest absolute Gasteiger partial charge is 0.337 e. The molecule has 3 aromatic rings. The Morgan fingerprint density at radius 2 is 1.74 bits per heavy atom. The number of methoxy groups -OCH3 is 1. The number of benzene rings is 3. The van der Waals surface area contributed by atoms with E-state index in [2.05, 4.69) is 21.2 Å². The van der Waals surface area contributed by atoms with Gasteiger partial charge < -0.3 is 39.8 Å². The summed E-state index contributed by atoms with van der Waals surface area (Å²) in [6.07, 6.45) is 0.180. The molecule has 1 aliphatic rings. The number of hydrogen-bond donors (Lipinski definition) is 5. The number of hydrogen-bond acceptors (Lipinski definition) is 10. The molecular weight excluding hydrogens is 655 g/mol. The van der Waals surface area contributed by atoms with Gasteiger partial charge in [0.15, 0.2) is 23.5 Å². The fourth-order valence-corrected chi connectivity index (χ4v) is 5.12. The molecule has 0 aromatic heterocycles. The molecule has 13 nitrogen and oxygen atoms in total. The Morgan fingerprint density at radius 3 is 2.38 bits per heavy atom. The topological polar surface area (TPSA) is 177 Å². The first-order chi connectivity index (χ1) is 22.5. The van der Waals surface area contributed by atoms with Gasteiger partial charge in [-0.05, 0) is 66.9 Å². The number of amides is 2. The largest absolute Gasteiger partial charge is 0.490 e. The molecule has 4 rings (SSSR count). The number of aliphatic hydroxyl groups excluding tert-OH is 1. The number of nitrogens with zero attached hydrogens (tertiary/aromatic N) is 1. The highest BCUT2D eigenvalue weighted by Crippen LogP contribution is 2.36. The lowest BCUT2D eigenvalue weighted by molar-refractivity contribution is -0.136. The minimum Gasteiger partial charge on any atom is -0.490 e. The van der Waals surface area contributed by atoms with Crippen LogP contribution in [0.5, 0.6) is 17.2 Å². The van der Waals surface area contributed by atoms with Crippen LogP contribution in [-0.2, 0) is 16.1 Å². The van der Waals surface area contributed by atoms with Gasteiger partial charge in [0.05, 0.1) is 47.2 Å². The van der Waals surface area contributed by atoms with Crippen LogP contribution in [0, 0.1) is 0 Å². The maximum absolute atomic E-state index is 12.4. The summed E-state index contributed by atoms with van der Waals surface area (Å²) in [4.78, 5) is 35.6. The maximum Gasteiger partial charge on any atom is 0.337 e. The molecule has 5 N–H and O–H groups in total. The number of carboxylic acids is 1. The average Bonchev–Trinajstić information content (AvgIpc) is 3.03. The lowest BCUT2D eigenvalue weighted by Crippen LogP contribution is -2.45. The van der Waals surface area contributed by atoms with E-state index in [1.54, 1.807) is 56.3 Å². The predicted molar refractivity (Wildman–Crippen MR) is 173 cm³/mol. The number of esters is 1. The summed E-state index contributed by atoms with van der Waals surface area (Å²) in [5, 5.41) is 29.2. The number of ether oxygens (including phenoxy) is 4. The number of carbonyl (C=O) groups excluding carboxylic acids is 2. The minimum absolute atomic E-state index is 0.119. The van der Waals surface area contributed by atoms with Gasteiger partial charge in [-0.2, -0.15) is 5.10 Å². The first kappa shape index (κ1) is 34.9. The number of carbonyl (C=O) groups is 3. The number of rotatable bonds is 14. The number of aliphatic hydroxyl groups is 1. The normalized spacial score (nSPS) is 15.0. The van der Waals surface area contributed by atoms with Crippen LogP contribution >= 0.6 is 23.2 Å². The molecule has 0 spiro atoms. The molecule has 0 aliphatic carbocycles. The van der Waals surface area contributed by atoms with E-state index in [1.165, 1.54) is 25.5 Å². The Balaban J connectivity index is 1.36. The zero-order valence-corrected chi connectivity index (χ0v) is 27.0. The van der Waals surface area contributed by atoms with Crippen molar-refractivity contribution in [2.75, 3.05) is 20.3 Å². The molecule has 0 unspecified atom stereocenters. The van der Waals surface area contributed by atoms with Crippen molar-refractivity contribution < 1.29 is 43.5 Å². The molecule has 3 aromatic carbocycles. The highest BCUT2D eigenvalue weighted by molar-refractivity contribution is 6.37. The predicted octanol–water partition coefficient (Wildman–Crippen LogP) is 4.79. The molecule has 1 aliphatic heterocycles. The number of carboxylic acid groups (broad SMARTS) is 1. The van der Waals surface area contributed by atoms with Crippen LogP contribution in [0.3, 0.4) is 0 Å². The van der Waals surface area contributed by atoms with Gasteiger partial charge >= 0.3 is 18.0 Å². The van der Waals surface area contributed by atoms with E-state index in [-0.39, 0.29) is 40.1 Å². The fraction of sp³-hybridized carbons (Fsp3) is 0.250. The molecule has 0 radical (unpaired) electrons. The Hall–Kier alpha value is -4.98. The molecule has 47 heavy (non-hydrogen) atoms. The first-order valence-electron chi connectivity index (χ1n) is 14.2. The Bertz CT molecular complexity index is 1670. The summed E-state index contributed by atoms with van der Waals surface area (Å²) >= 11 is 12.7. The van der Waals surface area contributed by atoms with E-state index < -0.39 is 30.2 Å². The van der Waals surface area contributed by atoms with Crippen molar-refractivity contribution in [1.82, 2.24) is 16.1 Å². The van der Waals surface area contributed by atoms with Crippen molar-refractivity contribution in [3.8, 4) is 17.2 Å². The zero-order chi connectivity index (χ0) is 34.1. The van der Waals surface area contributed by atoms with Gasteiger partial charge in [0, 0.05) is 5.70 Å². The number of halogens is 2. The summed E-state index contributed by atoms with van der Waals surface area (Å²) in [6, 6.07) is 13.0. The molecule has 0 fully saturated rings. The van der Waals surface area contributed by atoms with Gasteiger partial charge in [-0.3, -0.25) is 5.43 Å². The zero-order valence-electron chi connectivity index (χ0n) is 25.5. The summed E-state index contributed by atoms with van der Waals surface area (Å²) in [6.45, 7) is 3.61. The molecule has 15 heteroatoms. The van der Waals surface area contributed by atoms with E-state index >= 15 is 0 Å². The van der Waals surface area contributed by atoms with Crippen LogP contribution in [0.1, 0.15) is 46.9 Å². The molecule has 0 bridgehead atoms. The number of nitrogens with one attached hydrogen (secondary N) is 3. The van der Waals surface area contributed by atoms with Crippen molar-refractivity contribution in [3.05, 3.63) is 98.2 Å². The molecule has 1 heterocycles. The van der Waals surface area contributed by atoms with Gasteiger partial charge in [0.1, 0.15) is 13.2 Å². The van der Waals surface area contributed by atoms with E-state index in [1.807, 2.05) is 0 Å². The number of allylic oxidation sites excluding steroid dienone is 1.